The zero-order valence-electron chi connectivity index (χ0n) is 10.2. The first kappa shape index (κ1) is 12.3. The molecule has 3 heteroatoms. The van der Waals surface area contributed by atoms with Gasteiger partial charge in [0.1, 0.15) is 5.75 Å². The van der Waals surface area contributed by atoms with Crippen molar-refractivity contribution in [2.24, 2.45) is 5.73 Å². The molecule has 0 aliphatic carbocycles. The van der Waals surface area contributed by atoms with Crippen molar-refractivity contribution in [3.05, 3.63) is 65.7 Å². The van der Waals surface area contributed by atoms with Gasteiger partial charge in [-0.3, -0.25) is 4.79 Å². The molecule has 0 fully saturated rings. The molecule has 0 radical (unpaired) electrons. The zero-order valence-corrected chi connectivity index (χ0v) is 10.2. The lowest BCUT2D eigenvalue weighted by Crippen LogP contribution is -2.21. The van der Waals surface area contributed by atoms with Crippen LogP contribution in [-0.4, -0.2) is 12.9 Å². The summed E-state index contributed by atoms with van der Waals surface area (Å²) in [6, 6.07) is 15.7. The Morgan fingerprint density at radius 3 is 2.50 bits per heavy atom. The van der Waals surface area contributed by atoms with Crippen LogP contribution in [0.4, 0.5) is 0 Å². The molecule has 2 rings (SSSR count). The topological polar surface area (TPSA) is 52.3 Å². The van der Waals surface area contributed by atoms with E-state index in [1.807, 2.05) is 30.3 Å². The second kappa shape index (κ2) is 5.47. The summed E-state index contributed by atoms with van der Waals surface area (Å²) in [5.74, 6) is 0.543. The summed E-state index contributed by atoms with van der Waals surface area (Å²) in [7, 11) is 1.57. The summed E-state index contributed by atoms with van der Waals surface area (Å²) in [5, 5.41) is 0. The van der Waals surface area contributed by atoms with Crippen LogP contribution in [0.25, 0.3) is 0 Å². The van der Waals surface area contributed by atoms with Crippen molar-refractivity contribution < 1.29 is 9.53 Å². The molecule has 0 heterocycles. The number of benzene rings is 2. The number of Topliss-reactive ketones (excluding diaryl/α,β-unsaturated/α-hetero) is 1. The van der Waals surface area contributed by atoms with Crippen molar-refractivity contribution in [3.63, 3.8) is 0 Å². The minimum absolute atomic E-state index is 0.111. The van der Waals surface area contributed by atoms with E-state index in [1.165, 1.54) is 0 Å². The van der Waals surface area contributed by atoms with E-state index in [9.17, 15) is 4.79 Å². The fraction of sp³-hybridized carbons (Fsp3) is 0.133. The molecule has 2 N–H and O–H groups in total. The quantitative estimate of drug-likeness (QED) is 0.837. The average molecular weight is 241 g/mol. The van der Waals surface area contributed by atoms with E-state index in [0.29, 0.717) is 11.3 Å². The van der Waals surface area contributed by atoms with Crippen LogP contribution in [0.3, 0.4) is 0 Å². The van der Waals surface area contributed by atoms with Crippen molar-refractivity contribution >= 4 is 5.78 Å². The molecule has 18 heavy (non-hydrogen) atoms. The third-order valence-electron chi connectivity index (χ3n) is 2.80. The van der Waals surface area contributed by atoms with Gasteiger partial charge in [-0.1, -0.05) is 42.5 Å². The summed E-state index contributed by atoms with van der Waals surface area (Å²) in [6.07, 6.45) is 0. The van der Waals surface area contributed by atoms with Crippen LogP contribution in [0, 0.1) is 0 Å². The number of ketones is 1. The number of hydrogen-bond acceptors (Lipinski definition) is 3. The third-order valence-corrected chi connectivity index (χ3v) is 2.80. The van der Waals surface area contributed by atoms with Gasteiger partial charge in [0.2, 0.25) is 0 Å². The van der Waals surface area contributed by atoms with Gasteiger partial charge in [-0.2, -0.15) is 0 Å². The normalized spacial score (nSPS) is 11.9. The van der Waals surface area contributed by atoms with Gasteiger partial charge in [0.05, 0.1) is 13.2 Å². The lowest BCUT2D eigenvalue weighted by atomic mass is 9.98. The standard InChI is InChI=1S/C15H15NO2/c1-18-13-9-5-8-12(10-13)15(17)14(16)11-6-3-2-4-7-11/h2-10,14H,16H2,1H3. The van der Waals surface area contributed by atoms with Gasteiger partial charge in [0, 0.05) is 5.56 Å². The van der Waals surface area contributed by atoms with Crippen molar-refractivity contribution in [2.45, 2.75) is 6.04 Å². The average Bonchev–Trinajstić information content (AvgIpc) is 2.46. The summed E-state index contributed by atoms with van der Waals surface area (Å²) >= 11 is 0. The number of carbonyl (C=O) groups is 1. The second-order valence-electron chi connectivity index (χ2n) is 3.98. The number of rotatable bonds is 4. The Morgan fingerprint density at radius 2 is 1.83 bits per heavy atom. The molecule has 92 valence electrons. The van der Waals surface area contributed by atoms with E-state index in [-0.39, 0.29) is 5.78 Å². The maximum Gasteiger partial charge on any atom is 0.184 e. The van der Waals surface area contributed by atoms with Crippen molar-refractivity contribution in [2.75, 3.05) is 7.11 Å². The van der Waals surface area contributed by atoms with E-state index in [2.05, 4.69) is 0 Å². The van der Waals surface area contributed by atoms with E-state index in [1.54, 1.807) is 31.4 Å². The Balaban J connectivity index is 2.25. The summed E-state index contributed by atoms with van der Waals surface area (Å²) < 4.78 is 5.10. The Labute approximate surface area is 106 Å². The predicted octanol–water partition coefficient (Wildman–Crippen LogP) is 2.58. The molecular weight excluding hydrogens is 226 g/mol. The number of ether oxygens (including phenoxy) is 1. The first-order chi connectivity index (χ1) is 8.72. The van der Waals surface area contributed by atoms with Crippen LogP contribution in [0.2, 0.25) is 0 Å². The van der Waals surface area contributed by atoms with Crippen molar-refractivity contribution in [1.82, 2.24) is 0 Å². The van der Waals surface area contributed by atoms with E-state index in [0.717, 1.165) is 5.56 Å². The van der Waals surface area contributed by atoms with Gasteiger partial charge in [-0.25, -0.2) is 0 Å². The van der Waals surface area contributed by atoms with E-state index >= 15 is 0 Å². The minimum atomic E-state index is -0.640. The molecule has 1 atom stereocenters. The molecule has 0 spiro atoms. The van der Waals surface area contributed by atoms with Gasteiger partial charge >= 0.3 is 0 Å². The Hall–Kier alpha value is -2.13. The molecule has 0 aliphatic heterocycles. The van der Waals surface area contributed by atoms with Crippen LogP contribution in [-0.2, 0) is 0 Å². The highest BCUT2D eigenvalue weighted by molar-refractivity contribution is 6.00. The number of carbonyl (C=O) groups excluding carboxylic acids is 1. The fourth-order valence-corrected chi connectivity index (χ4v) is 1.77. The second-order valence-corrected chi connectivity index (χ2v) is 3.98. The van der Waals surface area contributed by atoms with Crippen LogP contribution in [0.1, 0.15) is 22.0 Å². The molecule has 0 aromatic heterocycles. The van der Waals surface area contributed by atoms with Crippen LogP contribution < -0.4 is 10.5 Å². The molecule has 0 amide bonds. The monoisotopic (exact) mass is 241 g/mol. The fourth-order valence-electron chi connectivity index (χ4n) is 1.77. The maximum atomic E-state index is 12.2. The summed E-state index contributed by atoms with van der Waals surface area (Å²) in [5.41, 5.74) is 7.34. The minimum Gasteiger partial charge on any atom is -0.497 e. The predicted molar refractivity (Wildman–Crippen MR) is 70.7 cm³/mol. The van der Waals surface area contributed by atoms with Crippen LogP contribution >= 0.6 is 0 Å². The van der Waals surface area contributed by atoms with Crippen molar-refractivity contribution in [3.8, 4) is 5.75 Å². The highest BCUT2D eigenvalue weighted by Gasteiger charge is 2.17. The van der Waals surface area contributed by atoms with Gasteiger partial charge in [0.25, 0.3) is 0 Å². The number of hydrogen-bond donors (Lipinski definition) is 1. The Morgan fingerprint density at radius 1 is 1.11 bits per heavy atom. The number of nitrogens with two attached hydrogens (primary N) is 1. The Kier molecular flexibility index (Phi) is 3.75. The molecule has 0 aliphatic rings. The molecule has 2 aromatic rings. The molecule has 3 nitrogen and oxygen atoms in total. The highest BCUT2D eigenvalue weighted by atomic mass is 16.5. The van der Waals surface area contributed by atoms with Gasteiger partial charge in [-0.05, 0) is 17.7 Å². The molecular formula is C15H15NO2. The molecule has 2 aromatic carbocycles. The third kappa shape index (κ3) is 2.57. The largest absolute Gasteiger partial charge is 0.497 e. The van der Waals surface area contributed by atoms with Crippen LogP contribution in [0.5, 0.6) is 5.75 Å². The molecule has 0 saturated carbocycles. The van der Waals surface area contributed by atoms with Gasteiger partial charge in [0.15, 0.2) is 5.78 Å². The van der Waals surface area contributed by atoms with Crippen molar-refractivity contribution in [1.29, 1.82) is 0 Å². The molecule has 0 saturated heterocycles. The lowest BCUT2D eigenvalue weighted by molar-refractivity contribution is 0.0961. The van der Waals surface area contributed by atoms with Gasteiger partial charge < -0.3 is 10.5 Å². The number of methoxy groups -OCH3 is 1. The first-order valence-electron chi connectivity index (χ1n) is 5.71. The highest BCUT2D eigenvalue weighted by Crippen LogP contribution is 2.19. The van der Waals surface area contributed by atoms with Crippen LogP contribution in [0.15, 0.2) is 54.6 Å². The summed E-state index contributed by atoms with van der Waals surface area (Å²) in [4.78, 5) is 12.2. The summed E-state index contributed by atoms with van der Waals surface area (Å²) in [6.45, 7) is 0. The van der Waals surface area contributed by atoms with E-state index < -0.39 is 6.04 Å². The lowest BCUT2D eigenvalue weighted by Gasteiger charge is -2.11. The van der Waals surface area contributed by atoms with E-state index in [4.69, 9.17) is 10.5 Å². The smallest absolute Gasteiger partial charge is 0.184 e. The zero-order chi connectivity index (χ0) is 13.0. The SMILES string of the molecule is COc1cccc(C(=O)C(N)c2ccccc2)c1. The van der Waals surface area contributed by atoms with Gasteiger partial charge in [-0.15, -0.1) is 0 Å². The maximum absolute atomic E-state index is 12.2. The molecule has 0 bridgehead atoms. The molecule has 1 unspecified atom stereocenters. The Bertz CT molecular complexity index is 537. The first-order valence-corrected chi connectivity index (χ1v) is 5.71.